The van der Waals surface area contributed by atoms with Gasteiger partial charge in [0.25, 0.3) is 5.91 Å². The van der Waals surface area contributed by atoms with Gasteiger partial charge in [0.05, 0.1) is 10.3 Å². The van der Waals surface area contributed by atoms with Gasteiger partial charge in [-0.3, -0.25) is 20.4 Å². The summed E-state index contributed by atoms with van der Waals surface area (Å²) in [5, 5.41) is 0. The number of amides is 2. The van der Waals surface area contributed by atoms with Gasteiger partial charge in [0.1, 0.15) is 0 Å². The average Bonchev–Trinajstić information content (AvgIpc) is 3.11. The summed E-state index contributed by atoms with van der Waals surface area (Å²) in [6.07, 6.45) is 13.5. The highest BCUT2D eigenvalue weighted by Crippen LogP contribution is 2.60. The Morgan fingerprint density at radius 2 is 1.41 bits per heavy atom. The molecule has 7 nitrogen and oxygen atoms in total. The van der Waals surface area contributed by atoms with Gasteiger partial charge in [-0.1, -0.05) is 25.0 Å². The molecule has 4 aliphatic carbocycles. The third-order valence-corrected chi connectivity index (χ3v) is 10.2. The molecular weight excluding hydrogens is 450 g/mol. The summed E-state index contributed by atoms with van der Waals surface area (Å²) in [7, 11) is -3.49. The maximum Gasteiger partial charge on any atom is 0.262 e. The standard InChI is InChI=1S/C26H35N3O4S/c30-24(27-28-25(31)26-16-20-13-21(17-26)15-22(14-20)18-26)10-7-19-5-8-23(9-6-19)34(32,33)29-11-3-1-2-4-12-29/h5-10,20-22H,1-4,11-18H2,(H,27,30)(H,28,31). The summed E-state index contributed by atoms with van der Waals surface area (Å²) in [5.74, 6) is 1.55. The zero-order valence-corrected chi connectivity index (χ0v) is 20.5. The largest absolute Gasteiger partial charge is 0.273 e. The number of sulfonamides is 1. The van der Waals surface area contributed by atoms with Gasteiger partial charge in [-0.15, -0.1) is 0 Å². The highest BCUT2D eigenvalue weighted by Gasteiger charge is 2.54. The molecule has 4 bridgehead atoms. The van der Waals surface area contributed by atoms with Gasteiger partial charge >= 0.3 is 0 Å². The van der Waals surface area contributed by atoms with Crippen LogP contribution in [0.15, 0.2) is 35.2 Å². The van der Waals surface area contributed by atoms with E-state index in [-0.39, 0.29) is 16.2 Å². The van der Waals surface area contributed by atoms with Crippen LogP contribution in [-0.2, 0) is 19.6 Å². The number of carbonyl (C=O) groups is 2. The molecule has 0 spiro atoms. The fourth-order valence-corrected chi connectivity index (χ4v) is 8.55. The van der Waals surface area contributed by atoms with Crippen molar-refractivity contribution in [2.45, 2.75) is 69.1 Å². The van der Waals surface area contributed by atoms with Gasteiger partial charge in [-0.05, 0) is 92.9 Å². The third kappa shape index (κ3) is 4.80. The molecule has 0 aromatic heterocycles. The van der Waals surface area contributed by atoms with E-state index >= 15 is 0 Å². The zero-order chi connectivity index (χ0) is 23.8. The molecule has 5 aliphatic rings. The van der Waals surface area contributed by atoms with Crippen molar-refractivity contribution in [3.8, 4) is 0 Å². The smallest absolute Gasteiger partial charge is 0.262 e. The molecule has 2 amide bonds. The van der Waals surface area contributed by atoms with Gasteiger partial charge in [0.2, 0.25) is 15.9 Å². The topological polar surface area (TPSA) is 95.6 Å². The van der Waals surface area contributed by atoms with Crippen LogP contribution in [0.1, 0.15) is 69.8 Å². The normalized spacial score (nSPS) is 31.4. The second kappa shape index (κ2) is 9.46. The van der Waals surface area contributed by atoms with Gasteiger partial charge in [0, 0.05) is 19.2 Å². The zero-order valence-electron chi connectivity index (χ0n) is 19.7. The van der Waals surface area contributed by atoms with E-state index in [9.17, 15) is 18.0 Å². The summed E-state index contributed by atoms with van der Waals surface area (Å²) in [6.45, 7) is 1.14. The molecule has 8 heteroatoms. The predicted molar refractivity (Wildman–Crippen MR) is 130 cm³/mol. The van der Waals surface area contributed by atoms with Crippen molar-refractivity contribution in [2.24, 2.45) is 23.2 Å². The Morgan fingerprint density at radius 1 is 0.853 bits per heavy atom. The number of nitrogens with zero attached hydrogens (tertiary/aromatic N) is 1. The average molecular weight is 486 g/mol. The van der Waals surface area contributed by atoms with Crippen LogP contribution in [0.4, 0.5) is 0 Å². The molecule has 34 heavy (non-hydrogen) atoms. The molecule has 184 valence electrons. The van der Waals surface area contributed by atoms with Crippen LogP contribution in [0, 0.1) is 23.2 Å². The first-order valence-electron chi connectivity index (χ1n) is 12.7. The summed E-state index contributed by atoms with van der Waals surface area (Å²) < 4.78 is 27.4. The molecule has 5 fully saturated rings. The number of hydrogen-bond acceptors (Lipinski definition) is 4. The molecule has 1 aromatic rings. The Bertz CT molecular complexity index is 1020. The second-order valence-electron chi connectivity index (χ2n) is 10.9. The lowest BCUT2D eigenvalue weighted by Gasteiger charge is -2.55. The predicted octanol–water partition coefficient (Wildman–Crippen LogP) is 3.63. The number of nitrogens with one attached hydrogen (secondary N) is 2. The fourth-order valence-electron chi connectivity index (χ4n) is 7.04. The molecule has 1 heterocycles. The van der Waals surface area contributed by atoms with E-state index in [1.807, 2.05) is 0 Å². The molecular formula is C26H35N3O4S. The Morgan fingerprint density at radius 3 is 1.97 bits per heavy atom. The SMILES string of the molecule is O=C(C=Cc1ccc(S(=O)(=O)N2CCCCCC2)cc1)NNC(=O)C12CC3CC(CC(C3)C1)C2. The number of hydrazine groups is 1. The van der Waals surface area contributed by atoms with E-state index in [2.05, 4.69) is 10.9 Å². The van der Waals surface area contributed by atoms with E-state index < -0.39 is 15.9 Å². The van der Waals surface area contributed by atoms with Crippen LogP contribution in [0.5, 0.6) is 0 Å². The second-order valence-corrected chi connectivity index (χ2v) is 12.8. The first-order valence-corrected chi connectivity index (χ1v) is 14.2. The highest BCUT2D eigenvalue weighted by molar-refractivity contribution is 7.89. The summed E-state index contributed by atoms with van der Waals surface area (Å²) in [6, 6.07) is 6.57. The lowest BCUT2D eigenvalue weighted by atomic mass is 9.49. The summed E-state index contributed by atoms with van der Waals surface area (Å²) >= 11 is 0. The van der Waals surface area contributed by atoms with Gasteiger partial charge in [-0.25, -0.2) is 8.42 Å². The molecule has 6 rings (SSSR count). The van der Waals surface area contributed by atoms with E-state index in [1.54, 1.807) is 34.6 Å². The monoisotopic (exact) mass is 485 g/mol. The Balaban J connectivity index is 1.15. The van der Waals surface area contributed by atoms with Crippen molar-refractivity contribution in [2.75, 3.05) is 13.1 Å². The van der Waals surface area contributed by atoms with Crippen LogP contribution in [0.25, 0.3) is 6.08 Å². The third-order valence-electron chi connectivity index (χ3n) is 8.33. The first kappa shape index (κ1) is 23.5. The maximum atomic E-state index is 12.9. The van der Waals surface area contributed by atoms with Crippen molar-refractivity contribution >= 4 is 27.9 Å². The fraction of sp³-hybridized carbons (Fsp3) is 0.615. The minimum atomic E-state index is -3.49. The number of benzene rings is 1. The highest BCUT2D eigenvalue weighted by atomic mass is 32.2. The quantitative estimate of drug-likeness (QED) is 0.492. The van der Waals surface area contributed by atoms with E-state index in [0.717, 1.165) is 50.5 Å². The lowest BCUT2D eigenvalue weighted by molar-refractivity contribution is -0.148. The van der Waals surface area contributed by atoms with Crippen LogP contribution in [0.3, 0.4) is 0 Å². The van der Waals surface area contributed by atoms with Gasteiger partial charge in [0.15, 0.2) is 0 Å². The maximum absolute atomic E-state index is 12.9. The van der Waals surface area contributed by atoms with Crippen LogP contribution < -0.4 is 10.9 Å². The van der Waals surface area contributed by atoms with Gasteiger partial charge < -0.3 is 0 Å². The molecule has 4 saturated carbocycles. The number of carbonyl (C=O) groups excluding carboxylic acids is 2. The van der Waals surface area contributed by atoms with E-state index in [0.29, 0.717) is 30.8 Å². The molecule has 1 saturated heterocycles. The molecule has 2 N–H and O–H groups in total. The van der Waals surface area contributed by atoms with Crippen molar-refractivity contribution < 1.29 is 18.0 Å². The lowest BCUT2D eigenvalue weighted by Crippen LogP contribution is -2.56. The minimum Gasteiger partial charge on any atom is -0.273 e. The van der Waals surface area contributed by atoms with Crippen molar-refractivity contribution in [3.63, 3.8) is 0 Å². The Hall–Kier alpha value is -2.19. The van der Waals surface area contributed by atoms with Crippen LogP contribution in [0.2, 0.25) is 0 Å². The molecule has 1 aromatic carbocycles. The van der Waals surface area contributed by atoms with Crippen molar-refractivity contribution in [1.82, 2.24) is 15.2 Å². The van der Waals surface area contributed by atoms with Crippen molar-refractivity contribution in [1.29, 1.82) is 0 Å². The Kier molecular flexibility index (Phi) is 6.55. The molecule has 1 aliphatic heterocycles. The van der Waals surface area contributed by atoms with Crippen molar-refractivity contribution in [3.05, 3.63) is 35.9 Å². The minimum absolute atomic E-state index is 0.0450. The molecule has 0 radical (unpaired) electrons. The van der Waals surface area contributed by atoms with Crippen LogP contribution in [-0.4, -0.2) is 37.6 Å². The van der Waals surface area contributed by atoms with Gasteiger partial charge in [-0.2, -0.15) is 4.31 Å². The number of hydrogen-bond donors (Lipinski definition) is 2. The molecule has 0 atom stereocenters. The van der Waals surface area contributed by atoms with E-state index in [1.165, 1.54) is 25.3 Å². The molecule has 0 unspecified atom stereocenters. The Labute approximate surface area is 202 Å². The first-order chi connectivity index (χ1) is 16.3. The summed E-state index contributed by atoms with van der Waals surface area (Å²) in [5.41, 5.74) is 5.62. The summed E-state index contributed by atoms with van der Waals surface area (Å²) in [4.78, 5) is 25.5. The van der Waals surface area contributed by atoms with Crippen LogP contribution >= 0.6 is 0 Å². The number of rotatable bonds is 5. The van der Waals surface area contributed by atoms with E-state index in [4.69, 9.17) is 0 Å².